The lowest BCUT2D eigenvalue weighted by Gasteiger charge is -2.28. The molecule has 1 N–H and O–H groups in total. The van der Waals surface area contributed by atoms with E-state index >= 15 is 0 Å². The van der Waals surface area contributed by atoms with Gasteiger partial charge in [0.05, 0.1) is 12.7 Å². The lowest BCUT2D eigenvalue weighted by Crippen LogP contribution is -2.40. The second-order valence-corrected chi connectivity index (χ2v) is 6.74. The third kappa shape index (κ3) is 4.20. The van der Waals surface area contributed by atoms with E-state index in [9.17, 15) is 0 Å². The van der Waals surface area contributed by atoms with Crippen LogP contribution in [0.1, 0.15) is 31.2 Å². The van der Waals surface area contributed by atoms with Gasteiger partial charge in [0, 0.05) is 45.3 Å². The molecule has 24 heavy (non-hydrogen) atoms. The van der Waals surface area contributed by atoms with Crippen molar-refractivity contribution in [3.8, 4) is 5.75 Å². The summed E-state index contributed by atoms with van der Waals surface area (Å²) in [6, 6.07) is 8.31. The second kappa shape index (κ2) is 8.38. The fraction of sp³-hybridized carbons (Fsp3) is 0.632. The molecule has 1 saturated carbocycles. The van der Waals surface area contributed by atoms with Crippen molar-refractivity contribution in [3.63, 3.8) is 0 Å². The summed E-state index contributed by atoms with van der Waals surface area (Å²) in [7, 11) is 3.62. The van der Waals surface area contributed by atoms with Crippen LogP contribution in [0.3, 0.4) is 0 Å². The van der Waals surface area contributed by atoms with Crippen LogP contribution in [0.5, 0.6) is 5.75 Å². The molecule has 1 aliphatic heterocycles. The van der Waals surface area contributed by atoms with E-state index in [4.69, 9.17) is 9.47 Å². The molecule has 1 atom stereocenters. The Bertz CT molecular complexity index is 557. The van der Waals surface area contributed by atoms with Crippen LogP contribution < -0.4 is 10.1 Å². The van der Waals surface area contributed by atoms with Gasteiger partial charge < -0.3 is 19.7 Å². The average Bonchev–Trinajstić information content (AvgIpc) is 3.01. The van der Waals surface area contributed by atoms with Crippen molar-refractivity contribution in [1.29, 1.82) is 0 Å². The summed E-state index contributed by atoms with van der Waals surface area (Å²) >= 11 is 0. The molecule has 2 fully saturated rings. The van der Waals surface area contributed by atoms with Gasteiger partial charge in [-0.1, -0.05) is 18.2 Å². The van der Waals surface area contributed by atoms with Gasteiger partial charge in [-0.3, -0.25) is 4.99 Å². The Labute approximate surface area is 145 Å². The van der Waals surface area contributed by atoms with Gasteiger partial charge in [-0.05, 0) is 31.7 Å². The highest BCUT2D eigenvalue weighted by atomic mass is 16.5. The van der Waals surface area contributed by atoms with Crippen LogP contribution in [-0.2, 0) is 11.3 Å². The molecule has 0 spiro atoms. The predicted octanol–water partition coefficient (Wildman–Crippen LogP) is 2.66. The van der Waals surface area contributed by atoms with Crippen LogP contribution in [0.4, 0.5) is 0 Å². The maximum absolute atomic E-state index is 6.11. The number of ether oxygens (including phenoxy) is 2. The number of para-hydroxylation sites is 1. The first-order valence-corrected chi connectivity index (χ1v) is 8.99. The number of benzene rings is 1. The van der Waals surface area contributed by atoms with E-state index in [1.165, 1.54) is 24.8 Å². The van der Waals surface area contributed by atoms with E-state index in [1.807, 2.05) is 13.1 Å². The Balaban J connectivity index is 1.56. The zero-order valence-corrected chi connectivity index (χ0v) is 14.8. The van der Waals surface area contributed by atoms with E-state index in [0.29, 0.717) is 12.0 Å². The van der Waals surface area contributed by atoms with E-state index in [-0.39, 0.29) is 0 Å². The van der Waals surface area contributed by atoms with E-state index < -0.39 is 0 Å². The lowest BCUT2D eigenvalue weighted by atomic mass is 9.96. The van der Waals surface area contributed by atoms with Gasteiger partial charge in [-0.15, -0.1) is 0 Å². The summed E-state index contributed by atoms with van der Waals surface area (Å²) in [4.78, 5) is 6.77. The molecule has 5 nitrogen and oxygen atoms in total. The third-order valence-corrected chi connectivity index (χ3v) is 4.95. The minimum atomic E-state index is 0.402. The topological polar surface area (TPSA) is 46.1 Å². The number of methoxy groups -OCH3 is 1. The van der Waals surface area contributed by atoms with Crippen LogP contribution >= 0.6 is 0 Å². The zero-order valence-electron chi connectivity index (χ0n) is 14.8. The number of hydrogen-bond acceptors (Lipinski definition) is 3. The maximum atomic E-state index is 6.11. The number of nitrogens with one attached hydrogen (secondary N) is 1. The molecular weight excluding hydrogens is 302 g/mol. The lowest BCUT2D eigenvalue weighted by molar-refractivity contribution is 0.119. The normalized spacial score (nSPS) is 21.7. The highest BCUT2D eigenvalue weighted by molar-refractivity contribution is 5.80. The molecule has 1 unspecified atom stereocenters. The molecule has 0 aromatic heterocycles. The van der Waals surface area contributed by atoms with Crippen LogP contribution in [-0.4, -0.2) is 50.8 Å². The SMILES string of the molecule is CN=C(NCc1ccccc1OC1CCC1)N1CCC(COC)C1. The van der Waals surface area contributed by atoms with E-state index in [1.54, 1.807) is 7.11 Å². The Kier molecular flexibility index (Phi) is 5.96. The van der Waals surface area contributed by atoms with Crippen LogP contribution in [0, 0.1) is 5.92 Å². The molecule has 0 bridgehead atoms. The zero-order chi connectivity index (χ0) is 16.8. The third-order valence-electron chi connectivity index (χ3n) is 4.95. The molecule has 0 radical (unpaired) electrons. The summed E-state index contributed by atoms with van der Waals surface area (Å²) in [5, 5.41) is 3.50. The number of aliphatic imine (C=N–C) groups is 1. The van der Waals surface area contributed by atoms with Crippen molar-refractivity contribution in [2.24, 2.45) is 10.9 Å². The predicted molar refractivity (Wildman–Crippen MR) is 96.5 cm³/mol. The first-order valence-electron chi connectivity index (χ1n) is 8.99. The van der Waals surface area contributed by atoms with Gasteiger partial charge in [-0.2, -0.15) is 0 Å². The molecule has 5 heteroatoms. The second-order valence-electron chi connectivity index (χ2n) is 6.74. The van der Waals surface area contributed by atoms with Crippen molar-refractivity contribution >= 4 is 5.96 Å². The highest BCUT2D eigenvalue weighted by Gasteiger charge is 2.25. The summed E-state index contributed by atoms with van der Waals surface area (Å²) in [5.41, 5.74) is 1.19. The van der Waals surface area contributed by atoms with Crippen molar-refractivity contribution in [2.75, 3.05) is 33.9 Å². The Morgan fingerprint density at radius 3 is 2.83 bits per heavy atom. The summed E-state index contributed by atoms with van der Waals surface area (Å²) in [5.74, 6) is 2.57. The Morgan fingerprint density at radius 2 is 2.12 bits per heavy atom. The quantitative estimate of drug-likeness (QED) is 0.643. The standard InChI is InChI=1S/C19H29N3O2/c1-20-19(22-11-10-15(13-22)14-23-2)21-12-16-6-3-4-9-18(16)24-17-7-5-8-17/h3-4,6,9,15,17H,5,7-8,10-14H2,1-2H3,(H,20,21). The van der Waals surface area contributed by atoms with E-state index in [2.05, 4.69) is 33.4 Å². The van der Waals surface area contributed by atoms with Crippen LogP contribution in [0.25, 0.3) is 0 Å². The molecule has 2 aliphatic rings. The maximum Gasteiger partial charge on any atom is 0.193 e. The fourth-order valence-electron chi connectivity index (χ4n) is 3.34. The number of hydrogen-bond donors (Lipinski definition) is 1. The molecule has 1 saturated heterocycles. The van der Waals surface area contributed by atoms with Gasteiger partial charge in [0.1, 0.15) is 5.75 Å². The number of nitrogens with zero attached hydrogens (tertiary/aromatic N) is 2. The summed E-state index contributed by atoms with van der Waals surface area (Å²) in [6.07, 6.45) is 5.21. The minimum absolute atomic E-state index is 0.402. The Hall–Kier alpha value is -1.75. The average molecular weight is 331 g/mol. The highest BCUT2D eigenvalue weighted by Crippen LogP contribution is 2.27. The monoisotopic (exact) mass is 331 g/mol. The minimum Gasteiger partial charge on any atom is -0.490 e. The van der Waals surface area contributed by atoms with Gasteiger partial charge in [0.2, 0.25) is 0 Å². The fourth-order valence-corrected chi connectivity index (χ4v) is 3.34. The molecule has 3 rings (SSSR count). The summed E-state index contributed by atoms with van der Waals surface area (Å²) < 4.78 is 11.4. The first kappa shape index (κ1) is 17.1. The molecule has 0 amide bonds. The molecular formula is C19H29N3O2. The summed E-state index contributed by atoms with van der Waals surface area (Å²) in [6.45, 7) is 3.61. The number of guanidine groups is 1. The first-order chi connectivity index (χ1) is 11.8. The van der Waals surface area contributed by atoms with Gasteiger partial charge in [0.25, 0.3) is 0 Å². The van der Waals surface area contributed by atoms with E-state index in [0.717, 1.165) is 44.4 Å². The largest absolute Gasteiger partial charge is 0.490 e. The Morgan fingerprint density at radius 1 is 1.29 bits per heavy atom. The van der Waals surface area contributed by atoms with Crippen LogP contribution in [0.15, 0.2) is 29.3 Å². The smallest absolute Gasteiger partial charge is 0.193 e. The number of likely N-dealkylation sites (tertiary alicyclic amines) is 1. The molecule has 1 aromatic carbocycles. The molecule has 1 aliphatic carbocycles. The van der Waals surface area contributed by atoms with Gasteiger partial charge in [-0.25, -0.2) is 0 Å². The van der Waals surface area contributed by atoms with Crippen molar-refractivity contribution in [3.05, 3.63) is 29.8 Å². The molecule has 1 heterocycles. The van der Waals surface area contributed by atoms with Crippen molar-refractivity contribution in [1.82, 2.24) is 10.2 Å². The van der Waals surface area contributed by atoms with Crippen molar-refractivity contribution < 1.29 is 9.47 Å². The van der Waals surface area contributed by atoms with Gasteiger partial charge >= 0.3 is 0 Å². The van der Waals surface area contributed by atoms with Crippen molar-refractivity contribution in [2.45, 2.75) is 38.3 Å². The van der Waals surface area contributed by atoms with Gasteiger partial charge in [0.15, 0.2) is 5.96 Å². The van der Waals surface area contributed by atoms with Crippen LogP contribution in [0.2, 0.25) is 0 Å². The molecule has 1 aromatic rings. The number of rotatable bonds is 6. The molecule has 132 valence electrons.